The second-order valence-corrected chi connectivity index (χ2v) is 5.33. The highest BCUT2D eigenvalue weighted by molar-refractivity contribution is 5.79. The van der Waals surface area contributed by atoms with E-state index in [2.05, 4.69) is 17.6 Å². The monoisotopic (exact) mass is 269 g/mol. The maximum atomic E-state index is 11.6. The third-order valence-corrected chi connectivity index (χ3v) is 3.55. The Morgan fingerprint density at radius 3 is 2.53 bits per heavy atom. The van der Waals surface area contributed by atoms with Crippen molar-refractivity contribution in [3.63, 3.8) is 0 Å². The van der Waals surface area contributed by atoms with Crippen LogP contribution in [-0.4, -0.2) is 30.9 Å². The quantitative estimate of drug-likeness (QED) is 0.551. The Kier molecular flexibility index (Phi) is 7.48. The molecular formula is C14H27N3O2. The van der Waals surface area contributed by atoms with Crippen molar-refractivity contribution in [3.05, 3.63) is 0 Å². The maximum absolute atomic E-state index is 11.6. The second-order valence-electron chi connectivity index (χ2n) is 5.33. The van der Waals surface area contributed by atoms with Gasteiger partial charge in [0.2, 0.25) is 11.8 Å². The molecule has 19 heavy (non-hydrogen) atoms. The molecule has 0 aromatic heterocycles. The van der Waals surface area contributed by atoms with Crippen LogP contribution < -0.4 is 16.4 Å². The summed E-state index contributed by atoms with van der Waals surface area (Å²) < 4.78 is 0. The molecule has 1 atom stereocenters. The summed E-state index contributed by atoms with van der Waals surface area (Å²) >= 11 is 0. The van der Waals surface area contributed by atoms with Gasteiger partial charge in [-0.15, -0.1) is 0 Å². The Hall–Kier alpha value is -1.10. The minimum Gasteiger partial charge on any atom is -0.356 e. The van der Waals surface area contributed by atoms with Crippen LogP contribution >= 0.6 is 0 Å². The first kappa shape index (κ1) is 16.0. The molecule has 0 heterocycles. The van der Waals surface area contributed by atoms with E-state index in [1.165, 1.54) is 0 Å². The van der Waals surface area contributed by atoms with Crippen LogP contribution in [0.4, 0.5) is 0 Å². The van der Waals surface area contributed by atoms with Gasteiger partial charge in [0, 0.05) is 25.4 Å². The van der Waals surface area contributed by atoms with Gasteiger partial charge < -0.3 is 16.4 Å². The minimum atomic E-state index is 0.0368. The minimum absolute atomic E-state index is 0.0368. The molecule has 110 valence electrons. The van der Waals surface area contributed by atoms with E-state index in [4.69, 9.17) is 5.73 Å². The molecule has 1 aliphatic carbocycles. The van der Waals surface area contributed by atoms with Crippen LogP contribution in [-0.2, 0) is 9.59 Å². The zero-order valence-electron chi connectivity index (χ0n) is 11.9. The fourth-order valence-corrected chi connectivity index (χ4v) is 2.05. The number of nitrogens with one attached hydrogen (secondary N) is 2. The van der Waals surface area contributed by atoms with Gasteiger partial charge in [-0.2, -0.15) is 0 Å². The van der Waals surface area contributed by atoms with Gasteiger partial charge in [-0.1, -0.05) is 13.3 Å². The average molecular weight is 269 g/mol. The summed E-state index contributed by atoms with van der Waals surface area (Å²) in [6.07, 6.45) is 6.02. The highest BCUT2D eigenvalue weighted by atomic mass is 16.2. The molecule has 1 unspecified atom stereocenters. The largest absolute Gasteiger partial charge is 0.356 e. The third-order valence-electron chi connectivity index (χ3n) is 3.55. The maximum Gasteiger partial charge on any atom is 0.221 e. The number of rotatable bonds is 10. The van der Waals surface area contributed by atoms with Crippen molar-refractivity contribution in [3.8, 4) is 0 Å². The Morgan fingerprint density at radius 1 is 1.21 bits per heavy atom. The molecular weight excluding hydrogens is 242 g/mol. The molecule has 0 radical (unpaired) electrons. The van der Waals surface area contributed by atoms with Gasteiger partial charge in [0.15, 0.2) is 0 Å². The molecule has 1 fully saturated rings. The highest BCUT2D eigenvalue weighted by Gasteiger charge is 2.22. The standard InChI is InChI=1S/C14H27N3O2/c1-2-11(7-9-15)3-6-13(18)16-10-8-14(19)17-12-4-5-12/h11-12H,2-10,15H2,1H3,(H,16,18)(H,17,19). The van der Waals surface area contributed by atoms with Gasteiger partial charge in [0.25, 0.3) is 0 Å². The Balaban J connectivity index is 2.01. The lowest BCUT2D eigenvalue weighted by atomic mass is 9.96. The van der Waals surface area contributed by atoms with Gasteiger partial charge in [-0.3, -0.25) is 9.59 Å². The van der Waals surface area contributed by atoms with Crippen LogP contribution in [0.1, 0.15) is 51.9 Å². The molecule has 1 aliphatic rings. The topological polar surface area (TPSA) is 84.2 Å². The summed E-state index contributed by atoms with van der Waals surface area (Å²) in [7, 11) is 0. The molecule has 0 bridgehead atoms. The third kappa shape index (κ3) is 7.82. The van der Waals surface area contributed by atoms with Gasteiger partial charge in [-0.25, -0.2) is 0 Å². The van der Waals surface area contributed by atoms with Crippen molar-refractivity contribution < 1.29 is 9.59 Å². The van der Waals surface area contributed by atoms with Gasteiger partial charge in [-0.05, 0) is 38.1 Å². The number of carbonyl (C=O) groups is 2. The molecule has 4 N–H and O–H groups in total. The number of carbonyl (C=O) groups excluding carboxylic acids is 2. The summed E-state index contributed by atoms with van der Waals surface area (Å²) in [6, 6.07) is 0.393. The lowest BCUT2D eigenvalue weighted by Gasteiger charge is -2.13. The number of hydrogen-bond acceptors (Lipinski definition) is 3. The zero-order chi connectivity index (χ0) is 14.1. The normalized spacial score (nSPS) is 15.9. The smallest absolute Gasteiger partial charge is 0.221 e. The summed E-state index contributed by atoms with van der Waals surface area (Å²) in [5.41, 5.74) is 5.52. The Morgan fingerprint density at radius 2 is 1.95 bits per heavy atom. The molecule has 0 aliphatic heterocycles. The molecule has 1 rings (SSSR count). The van der Waals surface area contributed by atoms with Crippen molar-refractivity contribution in [1.29, 1.82) is 0 Å². The van der Waals surface area contributed by atoms with Gasteiger partial charge in [0.05, 0.1) is 0 Å². The van der Waals surface area contributed by atoms with Crippen LogP contribution in [0, 0.1) is 5.92 Å². The van der Waals surface area contributed by atoms with Crippen molar-refractivity contribution >= 4 is 11.8 Å². The zero-order valence-corrected chi connectivity index (χ0v) is 11.9. The first-order chi connectivity index (χ1) is 9.15. The molecule has 0 aromatic carbocycles. The lowest BCUT2D eigenvalue weighted by Crippen LogP contribution is -2.31. The Bertz CT molecular complexity index is 290. The number of amides is 2. The van der Waals surface area contributed by atoms with Crippen LogP contribution in [0.5, 0.6) is 0 Å². The first-order valence-corrected chi connectivity index (χ1v) is 7.41. The molecule has 0 aromatic rings. The first-order valence-electron chi connectivity index (χ1n) is 7.41. The van der Waals surface area contributed by atoms with Crippen molar-refractivity contribution in [2.75, 3.05) is 13.1 Å². The van der Waals surface area contributed by atoms with E-state index < -0.39 is 0 Å². The molecule has 2 amide bonds. The predicted molar refractivity (Wildman–Crippen MR) is 75.5 cm³/mol. The van der Waals surface area contributed by atoms with Crippen LogP contribution in [0.25, 0.3) is 0 Å². The fraction of sp³-hybridized carbons (Fsp3) is 0.857. The van der Waals surface area contributed by atoms with Gasteiger partial charge >= 0.3 is 0 Å². The average Bonchev–Trinajstić information content (AvgIpc) is 3.18. The van der Waals surface area contributed by atoms with E-state index in [0.717, 1.165) is 32.1 Å². The van der Waals surface area contributed by atoms with Crippen LogP contribution in [0.2, 0.25) is 0 Å². The number of hydrogen-bond donors (Lipinski definition) is 3. The molecule has 5 heteroatoms. The highest BCUT2D eigenvalue weighted by Crippen LogP contribution is 2.18. The van der Waals surface area contributed by atoms with Crippen molar-refractivity contribution in [1.82, 2.24) is 10.6 Å². The SMILES string of the molecule is CCC(CCN)CCC(=O)NCCC(=O)NC1CC1. The Labute approximate surface area is 115 Å². The van der Waals surface area contributed by atoms with Gasteiger partial charge in [0.1, 0.15) is 0 Å². The van der Waals surface area contributed by atoms with E-state index >= 15 is 0 Å². The van der Waals surface area contributed by atoms with Crippen molar-refractivity contribution in [2.45, 2.75) is 57.9 Å². The molecule has 1 saturated carbocycles. The van der Waals surface area contributed by atoms with Crippen LogP contribution in [0.15, 0.2) is 0 Å². The number of nitrogens with two attached hydrogens (primary N) is 1. The van der Waals surface area contributed by atoms with Crippen LogP contribution in [0.3, 0.4) is 0 Å². The second kappa shape index (κ2) is 8.91. The summed E-state index contributed by atoms with van der Waals surface area (Å²) in [6.45, 7) is 3.24. The van der Waals surface area contributed by atoms with Crippen molar-refractivity contribution in [2.24, 2.45) is 11.7 Å². The van der Waals surface area contributed by atoms with E-state index in [1.807, 2.05) is 0 Å². The molecule has 5 nitrogen and oxygen atoms in total. The van der Waals surface area contributed by atoms with E-state index in [9.17, 15) is 9.59 Å². The lowest BCUT2D eigenvalue weighted by molar-refractivity contribution is -0.122. The van der Waals surface area contributed by atoms with E-state index in [1.54, 1.807) is 0 Å². The summed E-state index contributed by atoms with van der Waals surface area (Å²) in [4.78, 5) is 23.0. The van der Waals surface area contributed by atoms with E-state index in [0.29, 0.717) is 37.9 Å². The molecule has 0 spiro atoms. The summed E-state index contributed by atoms with van der Waals surface area (Å²) in [5.74, 6) is 0.612. The summed E-state index contributed by atoms with van der Waals surface area (Å²) in [5, 5.41) is 5.70. The predicted octanol–water partition coefficient (Wildman–Crippen LogP) is 0.927. The fourth-order valence-electron chi connectivity index (χ4n) is 2.05. The van der Waals surface area contributed by atoms with E-state index in [-0.39, 0.29) is 11.8 Å². The molecule has 0 saturated heterocycles.